The molecular weight excluding hydrogens is 613 g/mol. The first-order valence-electron chi connectivity index (χ1n) is 15.5. The van der Waals surface area contributed by atoms with Gasteiger partial charge in [-0.1, -0.05) is 60.7 Å². The molecule has 9 nitrogen and oxygen atoms in total. The molecule has 1 aromatic heterocycles. The molecule has 1 amide bonds. The number of hydrogen-bond donors (Lipinski definition) is 0. The highest BCUT2D eigenvalue weighted by molar-refractivity contribution is 5.85. The van der Waals surface area contributed by atoms with Crippen molar-refractivity contribution in [1.29, 1.82) is 0 Å². The highest BCUT2D eigenvalue weighted by Gasteiger charge is 2.43. The summed E-state index contributed by atoms with van der Waals surface area (Å²) in [7, 11) is 3.26. The Morgan fingerprint density at radius 2 is 1.53 bits per heavy atom. The summed E-state index contributed by atoms with van der Waals surface area (Å²) in [6.07, 6.45) is 2.22. The van der Waals surface area contributed by atoms with E-state index in [1.807, 2.05) is 11.8 Å². The summed E-state index contributed by atoms with van der Waals surface area (Å²) >= 11 is 0. The number of amides is 1. The van der Waals surface area contributed by atoms with E-state index >= 15 is 0 Å². The van der Waals surface area contributed by atoms with Gasteiger partial charge in [0.05, 0.1) is 19.3 Å². The Balaban J connectivity index is 0.00000230. The third-order valence-corrected chi connectivity index (χ3v) is 8.94. The van der Waals surface area contributed by atoms with Crippen molar-refractivity contribution in [3.8, 4) is 11.8 Å². The van der Waals surface area contributed by atoms with Crippen LogP contribution in [-0.2, 0) is 16.1 Å². The first-order valence-corrected chi connectivity index (χ1v) is 15.5. The number of carbonyl (C=O) groups is 1. The Hall–Kier alpha value is -2.95. The van der Waals surface area contributed by atoms with E-state index in [0.29, 0.717) is 43.9 Å². The van der Waals surface area contributed by atoms with Gasteiger partial charge in [-0.25, -0.2) is 0 Å². The van der Waals surface area contributed by atoms with Gasteiger partial charge in [0.15, 0.2) is 0 Å². The summed E-state index contributed by atoms with van der Waals surface area (Å²) in [6, 6.07) is 22.0. The summed E-state index contributed by atoms with van der Waals surface area (Å²) < 4.78 is 17.2. The molecule has 0 spiro atoms. The minimum Gasteiger partial charge on any atom is -0.481 e. The number of aromatic nitrogens is 2. The predicted octanol–water partition coefficient (Wildman–Crippen LogP) is 4.78. The van der Waals surface area contributed by atoms with Gasteiger partial charge in [-0.3, -0.25) is 14.6 Å². The van der Waals surface area contributed by atoms with Crippen LogP contribution in [0.3, 0.4) is 0 Å². The number of ether oxygens (including phenoxy) is 3. The van der Waals surface area contributed by atoms with Crippen LogP contribution in [0.4, 0.5) is 0 Å². The maximum absolute atomic E-state index is 12.9. The minimum atomic E-state index is 0. The average molecular weight is 659 g/mol. The molecule has 2 aromatic carbocycles. The molecule has 0 bridgehead atoms. The van der Waals surface area contributed by atoms with Crippen molar-refractivity contribution in [2.45, 2.75) is 50.2 Å². The van der Waals surface area contributed by atoms with Crippen LogP contribution in [-0.4, -0.2) is 103 Å². The van der Waals surface area contributed by atoms with E-state index in [1.54, 1.807) is 14.2 Å². The molecule has 3 aliphatic rings. The number of carbonyl (C=O) groups excluding carboxylic acids is 1. The molecule has 2 saturated heterocycles. The lowest BCUT2D eigenvalue weighted by Crippen LogP contribution is -2.67. The second kappa shape index (κ2) is 16.1. The first kappa shape index (κ1) is 34.9. The topological polar surface area (TPSA) is 80.3 Å². The smallest absolute Gasteiger partial charge is 0.248 e. The van der Waals surface area contributed by atoms with Crippen LogP contribution in [0.15, 0.2) is 60.7 Å². The Morgan fingerprint density at radius 1 is 0.889 bits per heavy atom. The second-order valence-corrected chi connectivity index (χ2v) is 11.8. The lowest BCUT2D eigenvalue weighted by molar-refractivity contribution is -0.140. The maximum atomic E-state index is 12.9. The van der Waals surface area contributed by atoms with Gasteiger partial charge in [0.2, 0.25) is 17.7 Å². The Kier molecular flexibility index (Phi) is 12.5. The van der Waals surface area contributed by atoms with Crippen LogP contribution in [0.1, 0.15) is 54.1 Å². The van der Waals surface area contributed by atoms with Crippen LogP contribution in [0.5, 0.6) is 11.8 Å². The largest absolute Gasteiger partial charge is 0.481 e. The molecule has 2 atom stereocenters. The van der Waals surface area contributed by atoms with Crippen LogP contribution in [0.2, 0.25) is 0 Å². The quantitative estimate of drug-likeness (QED) is 0.292. The lowest BCUT2D eigenvalue weighted by atomic mass is 9.81. The molecule has 0 radical (unpaired) electrons. The first-order chi connectivity index (χ1) is 21.1. The van der Waals surface area contributed by atoms with Gasteiger partial charge >= 0.3 is 0 Å². The van der Waals surface area contributed by atoms with Gasteiger partial charge in [0.1, 0.15) is 12.4 Å². The van der Waals surface area contributed by atoms with E-state index in [1.165, 1.54) is 11.1 Å². The number of benzene rings is 2. The molecule has 3 aromatic rings. The zero-order valence-corrected chi connectivity index (χ0v) is 28.0. The lowest BCUT2D eigenvalue weighted by Gasteiger charge is -2.53. The number of piperazine rings is 2. The molecular formula is C34H45Cl2N5O4. The monoisotopic (exact) mass is 657 g/mol. The number of hydrogen-bond acceptors (Lipinski definition) is 8. The molecule has 2 aliphatic heterocycles. The van der Waals surface area contributed by atoms with E-state index in [-0.39, 0.29) is 55.3 Å². The van der Waals surface area contributed by atoms with Crippen LogP contribution >= 0.6 is 24.8 Å². The average Bonchev–Trinajstić information content (AvgIpc) is 3.89. The standard InChI is InChI=1S/C34H43N5O4.2ClH/c1-4-43-34-28(33(42-3)35-32(36-34)26-15-16-26)21-37-19-27-20-38(30(40)23-41-2)17-18-39(27)29(22-37)31(24-11-7-5-8-12-24)25-13-9-6-10-14-25;;/h5-14,26-27,29,31H,4,15-23H2,1-3H3;2*1H/t27-,29?;;/m1../s1. The van der Waals surface area contributed by atoms with Gasteiger partial charge in [-0.2, -0.15) is 9.97 Å². The fourth-order valence-corrected chi connectivity index (χ4v) is 6.80. The summed E-state index contributed by atoms with van der Waals surface area (Å²) in [5, 5.41) is 0. The minimum absolute atomic E-state index is 0. The van der Waals surface area contributed by atoms with Crippen LogP contribution in [0.25, 0.3) is 0 Å². The number of rotatable bonds is 11. The summed E-state index contributed by atoms with van der Waals surface area (Å²) in [5.74, 6) is 2.64. The highest BCUT2D eigenvalue weighted by Crippen LogP contribution is 2.41. The van der Waals surface area contributed by atoms with Crippen molar-refractivity contribution in [2.75, 3.05) is 60.2 Å². The number of halogens is 2. The van der Waals surface area contributed by atoms with Crippen molar-refractivity contribution < 1.29 is 19.0 Å². The number of methoxy groups -OCH3 is 2. The molecule has 1 saturated carbocycles. The van der Waals surface area contributed by atoms with E-state index < -0.39 is 0 Å². The van der Waals surface area contributed by atoms with Gasteiger partial charge in [0, 0.05) is 70.3 Å². The molecule has 244 valence electrons. The Morgan fingerprint density at radius 3 is 2.11 bits per heavy atom. The van der Waals surface area contributed by atoms with Crippen molar-refractivity contribution in [1.82, 2.24) is 24.7 Å². The zero-order chi connectivity index (χ0) is 29.8. The van der Waals surface area contributed by atoms with Crippen molar-refractivity contribution >= 4 is 30.7 Å². The molecule has 11 heteroatoms. The predicted molar refractivity (Wildman–Crippen MR) is 179 cm³/mol. The molecule has 3 heterocycles. The summed E-state index contributed by atoms with van der Waals surface area (Å²) in [5.41, 5.74) is 3.48. The van der Waals surface area contributed by atoms with Crippen LogP contribution in [0, 0.1) is 0 Å². The SMILES string of the molecule is CCOc1nc(C2CC2)nc(OC)c1CN1CC(C(c2ccccc2)c2ccccc2)N2CCN(C(=O)COC)C[C@H]2C1.Cl.Cl. The number of fused-ring (bicyclic) bond motifs is 1. The second-order valence-electron chi connectivity index (χ2n) is 11.8. The van der Waals surface area contributed by atoms with Gasteiger partial charge in [-0.05, 0) is 30.9 Å². The van der Waals surface area contributed by atoms with Crippen molar-refractivity contribution in [2.24, 2.45) is 0 Å². The van der Waals surface area contributed by atoms with E-state index in [2.05, 4.69) is 70.5 Å². The highest BCUT2D eigenvalue weighted by atomic mass is 35.5. The Bertz CT molecular complexity index is 1340. The normalized spacial score (nSPS) is 20.1. The molecule has 1 unspecified atom stereocenters. The van der Waals surface area contributed by atoms with E-state index in [4.69, 9.17) is 24.2 Å². The van der Waals surface area contributed by atoms with Crippen molar-refractivity contribution in [3.05, 3.63) is 83.2 Å². The van der Waals surface area contributed by atoms with Gasteiger partial charge in [0.25, 0.3) is 0 Å². The van der Waals surface area contributed by atoms with E-state index in [9.17, 15) is 4.79 Å². The third kappa shape index (κ3) is 7.89. The fraction of sp³-hybridized carbons (Fsp3) is 0.500. The summed E-state index contributed by atoms with van der Waals surface area (Å²) in [6.45, 7) is 7.06. The summed E-state index contributed by atoms with van der Waals surface area (Å²) in [4.78, 5) is 29.7. The molecule has 0 N–H and O–H groups in total. The van der Waals surface area contributed by atoms with Crippen molar-refractivity contribution in [3.63, 3.8) is 0 Å². The molecule has 45 heavy (non-hydrogen) atoms. The molecule has 6 rings (SSSR count). The molecule has 1 aliphatic carbocycles. The van der Waals surface area contributed by atoms with E-state index in [0.717, 1.165) is 43.9 Å². The fourth-order valence-electron chi connectivity index (χ4n) is 6.80. The number of nitrogens with zero attached hydrogens (tertiary/aromatic N) is 5. The van der Waals surface area contributed by atoms with Gasteiger partial charge < -0.3 is 19.1 Å². The van der Waals surface area contributed by atoms with Crippen LogP contribution < -0.4 is 9.47 Å². The molecule has 3 fully saturated rings. The zero-order valence-electron chi connectivity index (χ0n) is 26.3. The van der Waals surface area contributed by atoms with Gasteiger partial charge in [-0.15, -0.1) is 24.8 Å². The Labute approximate surface area is 279 Å². The third-order valence-electron chi connectivity index (χ3n) is 8.94. The maximum Gasteiger partial charge on any atom is 0.248 e.